The van der Waals surface area contributed by atoms with Crippen LogP contribution in [0.2, 0.25) is 0 Å². The van der Waals surface area contributed by atoms with Crippen LogP contribution in [0, 0.1) is 0 Å². The Morgan fingerprint density at radius 2 is 2.43 bits per heavy atom. The van der Waals surface area contributed by atoms with E-state index in [1.807, 2.05) is 30.1 Å². The number of esters is 1. The summed E-state index contributed by atoms with van der Waals surface area (Å²) in [4.78, 5) is 11.2. The molecule has 0 saturated heterocycles. The summed E-state index contributed by atoms with van der Waals surface area (Å²) in [5.74, 6) is -0.337. The zero-order valence-electron chi connectivity index (χ0n) is 8.56. The molecule has 0 fully saturated rings. The fraction of sp³-hybridized carbons (Fsp3) is 0.500. The average Bonchev–Trinajstić information content (AvgIpc) is 2.51. The lowest BCUT2D eigenvalue weighted by Crippen LogP contribution is -2.34. The Kier molecular flexibility index (Phi) is 3.71. The maximum absolute atomic E-state index is 11.2. The molecule has 1 rings (SSSR count). The van der Waals surface area contributed by atoms with Gasteiger partial charge in [0, 0.05) is 19.4 Å². The number of carbonyl (C=O) groups excluding carboxylic acids is 1. The lowest BCUT2D eigenvalue weighted by molar-refractivity contribution is -0.144. The van der Waals surface area contributed by atoms with E-state index in [4.69, 9.17) is 10.5 Å². The molecular formula is C10H16N2O2. The van der Waals surface area contributed by atoms with Crippen molar-refractivity contribution >= 4 is 5.97 Å². The third-order valence-electron chi connectivity index (χ3n) is 1.94. The number of nitrogens with two attached hydrogens (primary N) is 1. The highest BCUT2D eigenvalue weighted by molar-refractivity contribution is 5.75. The van der Waals surface area contributed by atoms with Gasteiger partial charge in [-0.15, -0.1) is 0 Å². The summed E-state index contributed by atoms with van der Waals surface area (Å²) < 4.78 is 6.74. The van der Waals surface area contributed by atoms with Crippen LogP contribution in [0.4, 0.5) is 0 Å². The highest BCUT2D eigenvalue weighted by Gasteiger charge is 2.15. The predicted molar refractivity (Wildman–Crippen MR) is 53.7 cm³/mol. The standard InChI is InChI=1S/C10H16N2O2/c1-3-14-10(13)9(11)6-8-4-5-12(2)7-8/h4-5,7,9H,3,6,11H2,1-2H3. The van der Waals surface area contributed by atoms with Crippen LogP contribution < -0.4 is 5.73 Å². The van der Waals surface area contributed by atoms with Crippen LogP contribution in [-0.2, 0) is 23.0 Å². The molecule has 0 radical (unpaired) electrons. The van der Waals surface area contributed by atoms with Gasteiger partial charge in [0.2, 0.25) is 0 Å². The van der Waals surface area contributed by atoms with Crippen molar-refractivity contribution < 1.29 is 9.53 Å². The van der Waals surface area contributed by atoms with Gasteiger partial charge in [-0.1, -0.05) is 0 Å². The lowest BCUT2D eigenvalue weighted by Gasteiger charge is -2.08. The van der Waals surface area contributed by atoms with E-state index < -0.39 is 6.04 Å². The zero-order valence-corrected chi connectivity index (χ0v) is 8.56. The summed E-state index contributed by atoms with van der Waals surface area (Å²) in [5, 5.41) is 0. The van der Waals surface area contributed by atoms with Crippen molar-refractivity contribution in [3.63, 3.8) is 0 Å². The molecule has 1 aromatic heterocycles. The quantitative estimate of drug-likeness (QED) is 0.712. The second-order valence-electron chi connectivity index (χ2n) is 3.25. The van der Waals surface area contributed by atoms with Gasteiger partial charge in [-0.2, -0.15) is 0 Å². The van der Waals surface area contributed by atoms with Crippen LogP contribution in [-0.4, -0.2) is 23.2 Å². The van der Waals surface area contributed by atoms with Gasteiger partial charge in [0.25, 0.3) is 0 Å². The highest BCUT2D eigenvalue weighted by atomic mass is 16.5. The topological polar surface area (TPSA) is 57.2 Å². The summed E-state index contributed by atoms with van der Waals surface area (Å²) in [5.41, 5.74) is 6.71. The van der Waals surface area contributed by atoms with Crippen LogP contribution in [0.3, 0.4) is 0 Å². The lowest BCUT2D eigenvalue weighted by atomic mass is 10.1. The molecule has 4 heteroatoms. The van der Waals surface area contributed by atoms with Gasteiger partial charge in [0.15, 0.2) is 0 Å². The van der Waals surface area contributed by atoms with Crippen LogP contribution in [0.1, 0.15) is 12.5 Å². The first-order valence-corrected chi connectivity index (χ1v) is 4.66. The molecule has 2 N–H and O–H groups in total. The fourth-order valence-electron chi connectivity index (χ4n) is 1.27. The molecule has 14 heavy (non-hydrogen) atoms. The molecule has 4 nitrogen and oxygen atoms in total. The first-order valence-electron chi connectivity index (χ1n) is 4.66. The summed E-state index contributed by atoms with van der Waals surface area (Å²) in [6.07, 6.45) is 4.39. The number of carbonyl (C=O) groups is 1. The number of ether oxygens (including phenoxy) is 1. The van der Waals surface area contributed by atoms with E-state index in [1.54, 1.807) is 6.92 Å². The summed E-state index contributed by atoms with van der Waals surface area (Å²) in [6, 6.07) is 1.39. The van der Waals surface area contributed by atoms with Gasteiger partial charge >= 0.3 is 5.97 Å². The van der Waals surface area contributed by atoms with Crippen molar-refractivity contribution in [2.45, 2.75) is 19.4 Å². The number of hydrogen-bond acceptors (Lipinski definition) is 3. The van der Waals surface area contributed by atoms with E-state index in [0.717, 1.165) is 5.56 Å². The highest BCUT2D eigenvalue weighted by Crippen LogP contribution is 2.03. The molecule has 78 valence electrons. The minimum Gasteiger partial charge on any atom is -0.465 e. The Bertz CT molecular complexity index is 307. The van der Waals surface area contributed by atoms with Gasteiger partial charge in [0.05, 0.1) is 6.61 Å². The van der Waals surface area contributed by atoms with E-state index in [2.05, 4.69) is 0 Å². The van der Waals surface area contributed by atoms with E-state index >= 15 is 0 Å². The van der Waals surface area contributed by atoms with E-state index in [9.17, 15) is 4.79 Å². The molecule has 1 aromatic rings. The number of rotatable bonds is 4. The Morgan fingerprint density at radius 1 is 1.71 bits per heavy atom. The average molecular weight is 196 g/mol. The summed E-state index contributed by atoms with van der Waals surface area (Å²) >= 11 is 0. The summed E-state index contributed by atoms with van der Waals surface area (Å²) in [7, 11) is 1.93. The normalized spacial score (nSPS) is 12.5. The fourth-order valence-corrected chi connectivity index (χ4v) is 1.27. The van der Waals surface area contributed by atoms with Gasteiger partial charge < -0.3 is 15.0 Å². The Balaban J connectivity index is 2.48. The molecule has 1 atom stereocenters. The molecule has 1 heterocycles. The van der Waals surface area contributed by atoms with Crippen molar-refractivity contribution in [1.29, 1.82) is 0 Å². The maximum Gasteiger partial charge on any atom is 0.323 e. The molecule has 0 aromatic carbocycles. The largest absolute Gasteiger partial charge is 0.465 e. The number of aryl methyl sites for hydroxylation is 1. The number of nitrogens with zero attached hydrogens (tertiary/aromatic N) is 1. The van der Waals surface area contributed by atoms with Gasteiger partial charge in [-0.05, 0) is 25.0 Å². The molecule has 0 amide bonds. The van der Waals surface area contributed by atoms with Gasteiger partial charge in [0.1, 0.15) is 6.04 Å². The van der Waals surface area contributed by atoms with Crippen LogP contribution in [0.15, 0.2) is 18.5 Å². The van der Waals surface area contributed by atoms with E-state index in [1.165, 1.54) is 0 Å². The smallest absolute Gasteiger partial charge is 0.323 e. The molecule has 0 saturated carbocycles. The summed E-state index contributed by atoms with van der Waals surface area (Å²) in [6.45, 7) is 2.15. The molecule has 0 bridgehead atoms. The minimum atomic E-state index is -0.558. The third kappa shape index (κ3) is 2.88. The van der Waals surface area contributed by atoms with Crippen molar-refractivity contribution in [2.24, 2.45) is 12.8 Å². The van der Waals surface area contributed by atoms with Crippen LogP contribution in [0.5, 0.6) is 0 Å². The van der Waals surface area contributed by atoms with Gasteiger partial charge in [-0.25, -0.2) is 0 Å². The second kappa shape index (κ2) is 4.81. The molecule has 1 unspecified atom stereocenters. The Labute approximate surface area is 83.7 Å². The Morgan fingerprint density at radius 3 is 2.93 bits per heavy atom. The predicted octanol–water partition coefficient (Wildman–Crippen LogP) is 0.458. The SMILES string of the molecule is CCOC(=O)C(N)Cc1ccn(C)c1. The monoisotopic (exact) mass is 196 g/mol. The molecule has 0 aliphatic rings. The molecule has 0 spiro atoms. The third-order valence-corrected chi connectivity index (χ3v) is 1.94. The first-order chi connectivity index (χ1) is 6.63. The molecule has 0 aliphatic carbocycles. The van der Waals surface area contributed by atoms with E-state index in [0.29, 0.717) is 13.0 Å². The maximum atomic E-state index is 11.2. The van der Waals surface area contributed by atoms with Crippen molar-refractivity contribution in [2.75, 3.05) is 6.61 Å². The Hall–Kier alpha value is -1.29. The number of aromatic nitrogens is 1. The molecule has 0 aliphatic heterocycles. The van der Waals surface area contributed by atoms with Crippen molar-refractivity contribution in [3.05, 3.63) is 24.0 Å². The second-order valence-corrected chi connectivity index (χ2v) is 3.25. The zero-order chi connectivity index (χ0) is 10.6. The van der Waals surface area contributed by atoms with Crippen molar-refractivity contribution in [1.82, 2.24) is 4.57 Å². The molecular weight excluding hydrogens is 180 g/mol. The van der Waals surface area contributed by atoms with E-state index in [-0.39, 0.29) is 5.97 Å². The van der Waals surface area contributed by atoms with Gasteiger partial charge in [-0.3, -0.25) is 4.79 Å². The number of hydrogen-bond donors (Lipinski definition) is 1. The minimum absolute atomic E-state index is 0.337. The van der Waals surface area contributed by atoms with Crippen LogP contribution >= 0.6 is 0 Å². The first kappa shape index (κ1) is 10.8. The van der Waals surface area contributed by atoms with Crippen LogP contribution in [0.25, 0.3) is 0 Å². The van der Waals surface area contributed by atoms with Crippen molar-refractivity contribution in [3.8, 4) is 0 Å².